The summed E-state index contributed by atoms with van der Waals surface area (Å²) in [6.45, 7) is 5.17. The largest absolute Gasteiger partial charge is 0.353 e. The molecule has 0 N–H and O–H groups in total. The lowest BCUT2D eigenvalue weighted by atomic mass is 10.3. The van der Waals surface area contributed by atoms with Crippen LogP contribution in [0.4, 0.5) is 5.82 Å². The summed E-state index contributed by atoms with van der Waals surface area (Å²) in [4.78, 5) is 6.57. The fourth-order valence-electron chi connectivity index (χ4n) is 1.46. The van der Waals surface area contributed by atoms with E-state index in [1.165, 1.54) is 0 Å². The van der Waals surface area contributed by atoms with E-state index in [4.69, 9.17) is 23.2 Å². The molecule has 1 aromatic rings. The highest BCUT2D eigenvalue weighted by atomic mass is 79.9. The molecule has 16 heavy (non-hydrogen) atoms. The first kappa shape index (κ1) is 14.1. The van der Waals surface area contributed by atoms with E-state index < -0.39 is 0 Å². The van der Waals surface area contributed by atoms with Crippen molar-refractivity contribution < 1.29 is 0 Å². The smallest absolute Gasteiger partial charge is 0.143 e. The molecule has 90 valence electrons. The Hall–Kier alpha value is 0.01000. The number of halogens is 3. The third kappa shape index (κ3) is 3.79. The van der Waals surface area contributed by atoms with Gasteiger partial charge in [0.2, 0.25) is 0 Å². The monoisotopic (exact) mass is 324 g/mol. The zero-order valence-corrected chi connectivity index (χ0v) is 12.5. The molecule has 2 nitrogen and oxygen atoms in total. The van der Waals surface area contributed by atoms with Gasteiger partial charge in [0.25, 0.3) is 0 Å². The van der Waals surface area contributed by atoms with Gasteiger partial charge in [0.15, 0.2) is 0 Å². The summed E-state index contributed by atoms with van der Waals surface area (Å²) in [5.74, 6) is 1.58. The molecule has 5 heteroatoms. The average molecular weight is 326 g/mol. The standard InChI is InChI=1S/C11H15BrCl2N2/c1-8(2)16(5-3-4-13)11-10(12)6-9(14)7-15-11/h6-8H,3-5H2,1-2H3. The first-order chi connectivity index (χ1) is 7.56. The molecule has 0 saturated carbocycles. The molecule has 0 unspecified atom stereocenters. The minimum Gasteiger partial charge on any atom is -0.353 e. The Bertz CT molecular complexity index is 345. The summed E-state index contributed by atoms with van der Waals surface area (Å²) in [5.41, 5.74) is 0. The molecule has 1 heterocycles. The van der Waals surface area contributed by atoms with Crippen LogP contribution in [0.3, 0.4) is 0 Å². The Morgan fingerprint density at radius 2 is 2.19 bits per heavy atom. The van der Waals surface area contributed by atoms with Crippen molar-refractivity contribution in [1.29, 1.82) is 0 Å². The van der Waals surface area contributed by atoms with Crippen LogP contribution in [0.15, 0.2) is 16.7 Å². The van der Waals surface area contributed by atoms with E-state index in [1.807, 2.05) is 6.07 Å². The van der Waals surface area contributed by atoms with E-state index in [9.17, 15) is 0 Å². The Morgan fingerprint density at radius 3 is 2.69 bits per heavy atom. The summed E-state index contributed by atoms with van der Waals surface area (Å²) < 4.78 is 0.920. The van der Waals surface area contributed by atoms with Crippen LogP contribution in [0, 0.1) is 0 Å². The Balaban J connectivity index is 2.92. The second kappa shape index (κ2) is 6.67. The molecule has 0 amide bonds. The lowest BCUT2D eigenvalue weighted by molar-refractivity contribution is 0.662. The molecule has 0 saturated heterocycles. The van der Waals surface area contributed by atoms with Gasteiger partial charge in [-0.3, -0.25) is 0 Å². The van der Waals surface area contributed by atoms with Crippen molar-refractivity contribution in [2.45, 2.75) is 26.3 Å². The molecule has 0 aliphatic heterocycles. The SMILES string of the molecule is CC(C)N(CCCCl)c1ncc(Cl)cc1Br. The zero-order chi connectivity index (χ0) is 12.1. The maximum absolute atomic E-state index is 5.87. The number of aromatic nitrogens is 1. The maximum atomic E-state index is 5.87. The molecular formula is C11H15BrCl2N2. The van der Waals surface area contributed by atoms with Gasteiger partial charge in [0.05, 0.1) is 9.50 Å². The van der Waals surface area contributed by atoms with Crippen molar-refractivity contribution in [2.75, 3.05) is 17.3 Å². The topological polar surface area (TPSA) is 16.1 Å². The molecule has 1 rings (SSSR count). The van der Waals surface area contributed by atoms with E-state index >= 15 is 0 Å². The number of alkyl halides is 1. The molecule has 0 atom stereocenters. The molecular weight excluding hydrogens is 311 g/mol. The van der Waals surface area contributed by atoms with Crippen molar-refractivity contribution in [3.63, 3.8) is 0 Å². The van der Waals surface area contributed by atoms with Crippen LogP contribution < -0.4 is 4.90 Å². The van der Waals surface area contributed by atoms with Gasteiger partial charge in [-0.25, -0.2) is 4.98 Å². The van der Waals surface area contributed by atoms with Gasteiger partial charge in [-0.05, 0) is 42.3 Å². The van der Waals surface area contributed by atoms with Crippen molar-refractivity contribution in [2.24, 2.45) is 0 Å². The molecule has 0 fully saturated rings. The first-order valence-corrected chi connectivity index (χ1v) is 6.90. The highest BCUT2D eigenvalue weighted by Gasteiger charge is 2.14. The van der Waals surface area contributed by atoms with Crippen LogP contribution in [0.25, 0.3) is 0 Å². The second-order valence-electron chi connectivity index (χ2n) is 3.79. The molecule has 0 aliphatic rings. The molecule has 0 aliphatic carbocycles. The fraction of sp³-hybridized carbons (Fsp3) is 0.545. The van der Waals surface area contributed by atoms with E-state index in [0.717, 1.165) is 23.3 Å². The van der Waals surface area contributed by atoms with E-state index in [2.05, 4.69) is 39.7 Å². The van der Waals surface area contributed by atoms with Gasteiger partial charge < -0.3 is 4.90 Å². The van der Waals surface area contributed by atoms with Crippen LogP contribution in [0.5, 0.6) is 0 Å². The molecule has 1 aromatic heterocycles. The van der Waals surface area contributed by atoms with Crippen LogP contribution in [0.1, 0.15) is 20.3 Å². The minimum absolute atomic E-state index is 0.383. The van der Waals surface area contributed by atoms with Crippen LogP contribution in [-0.4, -0.2) is 23.5 Å². The number of hydrogen-bond acceptors (Lipinski definition) is 2. The van der Waals surface area contributed by atoms with E-state index in [-0.39, 0.29) is 0 Å². The van der Waals surface area contributed by atoms with E-state index in [0.29, 0.717) is 16.9 Å². The third-order valence-corrected chi connectivity index (χ3v) is 3.27. The predicted octanol–water partition coefficient (Wildman–Crippen LogP) is 4.34. The van der Waals surface area contributed by atoms with Crippen LogP contribution in [-0.2, 0) is 0 Å². The van der Waals surface area contributed by atoms with Gasteiger partial charge in [-0.15, -0.1) is 11.6 Å². The fourth-order valence-corrected chi connectivity index (χ4v) is 2.44. The summed E-state index contributed by atoms with van der Waals surface area (Å²) in [7, 11) is 0. The van der Waals surface area contributed by atoms with Gasteiger partial charge >= 0.3 is 0 Å². The van der Waals surface area contributed by atoms with Gasteiger partial charge in [0, 0.05) is 24.7 Å². The highest BCUT2D eigenvalue weighted by Crippen LogP contribution is 2.27. The second-order valence-corrected chi connectivity index (χ2v) is 5.46. The molecule has 0 aromatic carbocycles. The Morgan fingerprint density at radius 1 is 1.50 bits per heavy atom. The summed E-state index contributed by atoms with van der Waals surface area (Å²) >= 11 is 15.1. The van der Waals surface area contributed by atoms with Crippen molar-refractivity contribution in [1.82, 2.24) is 4.98 Å². The number of nitrogens with zero attached hydrogens (tertiary/aromatic N) is 2. The third-order valence-electron chi connectivity index (χ3n) is 2.22. The average Bonchev–Trinajstić information content (AvgIpc) is 2.20. The van der Waals surface area contributed by atoms with Crippen molar-refractivity contribution in [3.05, 3.63) is 21.8 Å². The van der Waals surface area contributed by atoms with Crippen molar-refractivity contribution in [3.8, 4) is 0 Å². The lowest BCUT2D eigenvalue weighted by Crippen LogP contribution is -2.33. The van der Waals surface area contributed by atoms with Gasteiger partial charge in [0.1, 0.15) is 5.82 Å². The van der Waals surface area contributed by atoms with Crippen LogP contribution >= 0.6 is 39.1 Å². The predicted molar refractivity (Wildman–Crippen MR) is 74.8 cm³/mol. The van der Waals surface area contributed by atoms with Gasteiger partial charge in [-0.1, -0.05) is 11.6 Å². The first-order valence-electron chi connectivity index (χ1n) is 5.20. The zero-order valence-electron chi connectivity index (χ0n) is 9.38. The number of pyridine rings is 1. The highest BCUT2D eigenvalue weighted by molar-refractivity contribution is 9.10. The van der Waals surface area contributed by atoms with Crippen LogP contribution in [0.2, 0.25) is 5.02 Å². The molecule has 0 spiro atoms. The molecule has 0 bridgehead atoms. The lowest BCUT2D eigenvalue weighted by Gasteiger charge is -2.28. The Labute approximate surface area is 115 Å². The quantitative estimate of drug-likeness (QED) is 0.748. The normalized spacial score (nSPS) is 10.9. The minimum atomic E-state index is 0.383. The summed E-state index contributed by atoms with van der Waals surface area (Å²) in [6.07, 6.45) is 2.61. The van der Waals surface area contributed by atoms with Gasteiger partial charge in [-0.2, -0.15) is 0 Å². The van der Waals surface area contributed by atoms with E-state index in [1.54, 1.807) is 6.20 Å². The number of hydrogen-bond donors (Lipinski definition) is 0. The Kier molecular flexibility index (Phi) is 5.87. The number of rotatable bonds is 5. The summed E-state index contributed by atoms with van der Waals surface area (Å²) in [6, 6.07) is 2.24. The summed E-state index contributed by atoms with van der Waals surface area (Å²) in [5, 5.41) is 0.636. The number of anilines is 1. The maximum Gasteiger partial charge on any atom is 0.143 e. The molecule has 0 radical (unpaired) electrons. The van der Waals surface area contributed by atoms with Crippen molar-refractivity contribution >= 4 is 44.9 Å².